The van der Waals surface area contributed by atoms with Crippen molar-refractivity contribution in [3.63, 3.8) is 0 Å². The Hall–Kier alpha value is -3.49. The second-order valence-corrected chi connectivity index (χ2v) is 7.14. The number of amides is 1. The number of aryl methyl sites for hydroxylation is 1. The van der Waals surface area contributed by atoms with Gasteiger partial charge in [0.2, 0.25) is 17.6 Å². The molecule has 0 bridgehead atoms. The van der Waals surface area contributed by atoms with Crippen LogP contribution in [0.5, 0.6) is 0 Å². The molecule has 9 heteroatoms. The Morgan fingerprint density at radius 2 is 2.07 bits per heavy atom. The maximum atomic E-state index is 12.8. The molecule has 0 radical (unpaired) electrons. The van der Waals surface area contributed by atoms with E-state index in [9.17, 15) is 9.59 Å². The standard InChI is InChI=1S/C20H21N5O4/c1-12-5-7-13(8-6-12)19-23-20(29-24-19)16-9-14-15(22-11-21-14)10-25(16)17(26)3-2-4-18(27)28/h5-8,11,16H,2-4,9-10H2,1H3,(H,21,22)(H,27,28). The third-order valence-corrected chi connectivity index (χ3v) is 5.04. The van der Waals surface area contributed by atoms with Crippen LogP contribution < -0.4 is 0 Å². The molecule has 1 aliphatic rings. The molecule has 2 aromatic heterocycles. The van der Waals surface area contributed by atoms with Crippen molar-refractivity contribution >= 4 is 11.9 Å². The van der Waals surface area contributed by atoms with Crippen molar-refractivity contribution in [3.05, 3.63) is 53.4 Å². The summed E-state index contributed by atoms with van der Waals surface area (Å²) >= 11 is 0. The third kappa shape index (κ3) is 4.03. The zero-order valence-corrected chi connectivity index (χ0v) is 16.0. The molecule has 3 aromatic rings. The number of aromatic nitrogens is 4. The topological polar surface area (TPSA) is 125 Å². The summed E-state index contributed by atoms with van der Waals surface area (Å²) < 4.78 is 5.52. The third-order valence-electron chi connectivity index (χ3n) is 5.04. The largest absolute Gasteiger partial charge is 0.481 e. The summed E-state index contributed by atoms with van der Waals surface area (Å²) in [7, 11) is 0. The van der Waals surface area contributed by atoms with Crippen molar-refractivity contribution in [3.8, 4) is 11.4 Å². The van der Waals surface area contributed by atoms with E-state index in [2.05, 4.69) is 20.1 Å². The van der Waals surface area contributed by atoms with E-state index in [1.165, 1.54) is 0 Å². The van der Waals surface area contributed by atoms with Gasteiger partial charge >= 0.3 is 5.97 Å². The lowest BCUT2D eigenvalue weighted by Gasteiger charge is -2.32. The van der Waals surface area contributed by atoms with Gasteiger partial charge in [-0.15, -0.1) is 0 Å². The molecular formula is C20H21N5O4. The fourth-order valence-electron chi connectivity index (χ4n) is 3.44. The number of carbonyl (C=O) groups is 2. The average molecular weight is 395 g/mol. The van der Waals surface area contributed by atoms with E-state index >= 15 is 0 Å². The first-order valence-electron chi connectivity index (χ1n) is 9.44. The van der Waals surface area contributed by atoms with E-state index < -0.39 is 12.0 Å². The van der Waals surface area contributed by atoms with E-state index in [1.807, 2.05) is 31.2 Å². The van der Waals surface area contributed by atoms with Crippen LogP contribution >= 0.6 is 0 Å². The minimum absolute atomic E-state index is 0.0440. The Labute approximate surface area is 166 Å². The number of nitrogens with zero attached hydrogens (tertiary/aromatic N) is 4. The van der Waals surface area contributed by atoms with Crippen molar-refractivity contribution in [2.75, 3.05) is 0 Å². The lowest BCUT2D eigenvalue weighted by Crippen LogP contribution is -2.39. The van der Waals surface area contributed by atoms with Crippen molar-refractivity contribution in [2.24, 2.45) is 0 Å². The van der Waals surface area contributed by atoms with Crippen LogP contribution in [0.2, 0.25) is 0 Å². The van der Waals surface area contributed by atoms with Gasteiger partial charge in [0.25, 0.3) is 0 Å². The first-order valence-corrected chi connectivity index (χ1v) is 9.44. The van der Waals surface area contributed by atoms with E-state index in [-0.39, 0.29) is 25.2 Å². The SMILES string of the molecule is Cc1ccc(-c2noc(C3Cc4nc[nH]c4CN3C(=O)CCCC(=O)O)n2)cc1. The number of H-pyrrole nitrogens is 1. The van der Waals surface area contributed by atoms with Gasteiger partial charge < -0.3 is 19.5 Å². The van der Waals surface area contributed by atoms with Gasteiger partial charge in [0.15, 0.2) is 0 Å². The van der Waals surface area contributed by atoms with Crippen LogP contribution in [-0.2, 0) is 22.6 Å². The van der Waals surface area contributed by atoms with Gasteiger partial charge in [0.1, 0.15) is 6.04 Å². The van der Waals surface area contributed by atoms with Crippen molar-refractivity contribution in [2.45, 2.75) is 45.2 Å². The van der Waals surface area contributed by atoms with Crippen LogP contribution in [0, 0.1) is 6.92 Å². The molecule has 2 N–H and O–H groups in total. The van der Waals surface area contributed by atoms with Gasteiger partial charge in [-0.3, -0.25) is 9.59 Å². The Morgan fingerprint density at radius 3 is 2.83 bits per heavy atom. The minimum atomic E-state index is -0.913. The number of fused-ring (bicyclic) bond motifs is 1. The van der Waals surface area contributed by atoms with Gasteiger partial charge in [-0.2, -0.15) is 4.98 Å². The number of aliphatic carboxylic acids is 1. The molecule has 9 nitrogen and oxygen atoms in total. The second-order valence-electron chi connectivity index (χ2n) is 7.14. The van der Waals surface area contributed by atoms with Gasteiger partial charge in [-0.25, -0.2) is 4.98 Å². The fourth-order valence-corrected chi connectivity index (χ4v) is 3.44. The molecule has 1 amide bonds. The number of carbonyl (C=O) groups excluding carboxylic acids is 1. The highest BCUT2D eigenvalue weighted by Crippen LogP contribution is 2.32. The van der Waals surface area contributed by atoms with Crippen molar-refractivity contribution < 1.29 is 19.2 Å². The number of aromatic amines is 1. The van der Waals surface area contributed by atoms with Crippen LogP contribution in [0.15, 0.2) is 35.1 Å². The summed E-state index contributed by atoms with van der Waals surface area (Å²) in [6.07, 6.45) is 2.44. The quantitative estimate of drug-likeness (QED) is 0.657. The summed E-state index contributed by atoms with van der Waals surface area (Å²) in [6, 6.07) is 7.35. The van der Waals surface area contributed by atoms with E-state index in [0.717, 1.165) is 22.5 Å². The number of nitrogens with one attached hydrogen (secondary N) is 1. The average Bonchev–Trinajstić information content (AvgIpc) is 3.36. The van der Waals surface area contributed by atoms with E-state index in [0.29, 0.717) is 24.7 Å². The van der Waals surface area contributed by atoms with Crippen LogP contribution in [0.25, 0.3) is 11.4 Å². The molecule has 1 aliphatic heterocycles. The summed E-state index contributed by atoms with van der Waals surface area (Å²) in [5.74, 6) is -0.248. The monoisotopic (exact) mass is 395 g/mol. The molecule has 1 unspecified atom stereocenters. The second kappa shape index (κ2) is 7.86. The Balaban J connectivity index is 1.58. The van der Waals surface area contributed by atoms with Crippen molar-refractivity contribution in [1.82, 2.24) is 25.0 Å². The first kappa shape index (κ1) is 18.9. The van der Waals surface area contributed by atoms with Gasteiger partial charge in [0, 0.05) is 24.8 Å². The fraction of sp³-hybridized carbons (Fsp3) is 0.350. The van der Waals surface area contributed by atoms with Crippen LogP contribution in [-0.4, -0.2) is 42.0 Å². The number of hydrogen-bond donors (Lipinski definition) is 2. The lowest BCUT2D eigenvalue weighted by molar-refractivity contribution is -0.138. The number of hydrogen-bond acceptors (Lipinski definition) is 6. The Kier molecular flexibility index (Phi) is 5.11. The number of imidazole rings is 1. The first-order chi connectivity index (χ1) is 14.0. The molecule has 0 spiro atoms. The molecule has 1 atom stereocenters. The zero-order valence-electron chi connectivity index (χ0n) is 16.0. The van der Waals surface area contributed by atoms with E-state index in [1.54, 1.807) is 11.2 Å². The molecule has 1 aromatic carbocycles. The van der Waals surface area contributed by atoms with Crippen LogP contribution in [0.1, 0.15) is 48.1 Å². The highest BCUT2D eigenvalue weighted by Gasteiger charge is 2.35. The molecule has 3 heterocycles. The summed E-state index contributed by atoms with van der Waals surface area (Å²) in [5, 5.41) is 12.9. The number of rotatable bonds is 6. The van der Waals surface area contributed by atoms with Gasteiger partial charge in [0.05, 0.1) is 24.3 Å². The van der Waals surface area contributed by atoms with Crippen LogP contribution in [0.4, 0.5) is 0 Å². The van der Waals surface area contributed by atoms with E-state index in [4.69, 9.17) is 9.63 Å². The predicted octanol–water partition coefficient (Wildman–Crippen LogP) is 2.65. The molecule has 29 heavy (non-hydrogen) atoms. The van der Waals surface area contributed by atoms with Crippen molar-refractivity contribution in [1.29, 1.82) is 0 Å². The van der Waals surface area contributed by atoms with Gasteiger partial charge in [-0.05, 0) is 13.3 Å². The predicted molar refractivity (Wildman–Crippen MR) is 102 cm³/mol. The zero-order chi connectivity index (χ0) is 20.4. The van der Waals surface area contributed by atoms with Gasteiger partial charge in [-0.1, -0.05) is 35.0 Å². The lowest BCUT2D eigenvalue weighted by atomic mass is 10.0. The summed E-state index contributed by atoms with van der Waals surface area (Å²) in [4.78, 5) is 37.2. The maximum absolute atomic E-state index is 12.8. The minimum Gasteiger partial charge on any atom is -0.481 e. The Morgan fingerprint density at radius 1 is 1.28 bits per heavy atom. The summed E-state index contributed by atoms with van der Waals surface area (Å²) in [5.41, 5.74) is 3.70. The Bertz CT molecular complexity index is 1020. The normalized spacial score (nSPS) is 15.9. The maximum Gasteiger partial charge on any atom is 0.303 e. The molecule has 0 saturated heterocycles. The van der Waals surface area contributed by atoms with Crippen LogP contribution in [0.3, 0.4) is 0 Å². The molecule has 150 valence electrons. The molecule has 4 rings (SSSR count). The smallest absolute Gasteiger partial charge is 0.303 e. The molecule has 0 fully saturated rings. The number of benzene rings is 1. The molecular weight excluding hydrogens is 374 g/mol. The highest BCUT2D eigenvalue weighted by molar-refractivity contribution is 5.77. The number of carboxylic acids is 1. The summed E-state index contributed by atoms with van der Waals surface area (Å²) in [6.45, 7) is 2.34. The number of carboxylic acid groups (broad SMARTS) is 1. The molecule has 0 aliphatic carbocycles. The molecule has 0 saturated carbocycles. The highest BCUT2D eigenvalue weighted by atomic mass is 16.5.